The van der Waals surface area contributed by atoms with Crippen molar-refractivity contribution in [1.82, 2.24) is 4.57 Å². The predicted octanol–water partition coefficient (Wildman–Crippen LogP) is 5.06. The molecule has 0 bridgehead atoms. The highest BCUT2D eigenvalue weighted by atomic mass is 32.1. The van der Waals surface area contributed by atoms with E-state index >= 15 is 0 Å². The first kappa shape index (κ1) is 18.4. The molecular weight excluding hydrogens is 366 g/mol. The van der Waals surface area contributed by atoms with Crippen molar-refractivity contribution in [3.05, 3.63) is 69.1 Å². The second-order valence-corrected chi connectivity index (χ2v) is 6.57. The fourth-order valence-corrected chi connectivity index (χ4v) is 3.74. The van der Waals surface area contributed by atoms with Crippen molar-refractivity contribution < 1.29 is 14.5 Å². The SMILES string of the molecule is [C-]#[N+]c1cn(C)c(C(=O)OCC)c1-c1ccc(-c2sccc2[N+](=O)[O-])cc1. The number of carbonyl (C=O) groups excluding carboxylic acids is 1. The number of rotatable bonds is 5. The third-order valence-corrected chi connectivity index (χ3v) is 4.98. The van der Waals surface area contributed by atoms with Gasteiger partial charge in [-0.15, -0.1) is 11.3 Å². The molecule has 0 atom stereocenters. The number of carbonyl (C=O) groups is 1. The molecule has 0 spiro atoms. The summed E-state index contributed by atoms with van der Waals surface area (Å²) in [4.78, 5) is 27.2. The summed E-state index contributed by atoms with van der Waals surface area (Å²) >= 11 is 1.29. The molecule has 7 nitrogen and oxygen atoms in total. The molecule has 0 unspecified atom stereocenters. The number of nitrogens with zero attached hydrogens (tertiary/aromatic N) is 3. The van der Waals surface area contributed by atoms with Crippen LogP contribution in [0.15, 0.2) is 41.9 Å². The molecule has 0 N–H and O–H groups in total. The van der Waals surface area contributed by atoms with Gasteiger partial charge in [0.2, 0.25) is 5.69 Å². The average molecular weight is 381 g/mol. The Morgan fingerprint density at radius 2 is 1.96 bits per heavy atom. The summed E-state index contributed by atoms with van der Waals surface area (Å²) in [5.74, 6) is -0.497. The molecule has 1 aromatic carbocycles. The molecule has 8 heteroatoms. The number of thiophene rings is 1. The molecule has 0 radical (unpaired) electrons. The van der Waals surface area contributed by atoms with Crippen LogP contribution in [0, 0.1) is 16.7 Å². The number of aryl methyl sites for hydroxylation is 1. The van der Waals surface area contributed by atoms with Crippen molar-refractivity contribution in [2.45, 2.75) is 6.92 Å². The lowest BCUT2D eigenvalue weighted by atomic mass is 10.0. The minimum Gasteiger partial charge on any atom is -0.461 e. The Morgan fingerprint density at radius 1 is 1.30 bits per heavy atom. The Labute approximate surface area is 159 Å². The molecule has 27 heavy (non-hydrogen) atoms. The summed E-state index contributed by atoms with van der Waals surface area (Å²) < 4.78 is 6.70. The maximum absolute atomic E-state index is 12.3. The van der Waals surface area contributed by atoms with Crippen molar-refractivity contribution in [1.29, 1.82) is 0 Å². The van der Waals surface area contributed by atoms with Crippen LogP contribution in [0.5, 0.6) is 0 Å². The molecule has 0 fully saturated rings. The van der Waals surface area contributed by atoms with E-state index < -0.39 is 10.9 Å². The first-order chi connectivity index (χ1) is 13.0. The zero-order valence-electron chi connectivity index (χ0n) is 14.6. The molecule has 136 valence electrons. The zero-order chi connectivity index (χ0) is 19.6. The second-order valence-electron chi connectivity index (χ2n) is 5.65. The van der Waals surface area contributed by atoms with Crippen LogP contribution in [0.1, 0.15) is 17.4 Å². The lowest BCUT2D eigenvalue weighted by Gasteiger charge is -2.09. The Bertz CT molecular complexity index is 1060. The van der Waals surface area contributed by atoms with Gasteiger partial charge in [-0.2, -0.15) is 0 Å². The highest BCUT2D eigenvalue weighted by Gasteiger charge is 2.23. The van der Waals surface area contributed by atoms with E-state index in [4.69, 9.17) is 11.3 Å². The van der Waals surface area contributed by atoms with Gasteiger partial charge in [0.1, 0.15) is 10.6 Å². The minimum absolute atomic E-state index is 0.0570. The normalized spacial score (nSPS) is 10.4. The first-order valence-electron chi connectivity index (χ1n) is 8.04. The number of aromatic nitrogens is 1. The van der Waals surface area contributed by atoms with E-state index in [2.05, 4.69) is 4.85 Å². The number of nitro groups is 1. The molecule has 3 rings (SSSR count). The smallest absolute Gasteiger partial charge is 0.354 e. The molecule has 0 amide bonds. The average Bonchev–Trinajstić information content (AvgIpc) is 3.26. The molecule has 0 saturated carbocycles. The Morgan fingerprint density at radius 3 is 2.56 bits per heavy atom. The lowest BCUT2D eigenvalue weighted by molar-refractivity contribution is -0.383. The monoisotopic (exact) mass is 381 g/mol. The van der Waals surface area contributed by atoms with Crippen LogP contribution in [0.3, 0.4) is 0 Å². The number of benzene rings is 1. The zero-order valence-corrected chi connectivity index (χ0v) is 15.4. The van der Waals surface area contributed by atoms with Gasteiger partial charge in [0.25, 0.3) is 5.69 Å². The van der Waals surface area contributed by atoms with Crippen molar-refractivity contribution in [2.24, 2.45) is 7.05 Å². The largest absolute Gasteiger partial charge is 0.461 e. The van der Waals surface area contributed by atoms with Crippen LogP contribution in [-0.4, -0.2) is 22.1 Å². The summed E-state index contributed by atoms with van der Waals surface area (Å²) in [5.41, 5.74) is 2.58. The van der Waals surface area contributed by atoms with Crippen LogP contribution in [0.2, 0.25) is 0 Å². The van der Waals surface area contributed by atoms with E-state index in [1.54, 1.807) is 54.4 Å². The van der Waals surface area contributed by atoms with Crippen LogP contribution in [-0.2, 0) is 11.8 Å². The van der Waals surface area contributed by atoms with E-state index in [9.17, 15) is 14.9 Å². The van der Waals surface area contributed by atoms with E-state index in [0.29, 0.717) is 32.9 Å². The van der Waals surface area contributed by atoms with Crippen molar-refractivity contribution in [3.8, 4) is 21.6 Å². The Balaban J connectivity index is 2.08. The first-order valence-corrected chi connectivity index (χ1v) is 8.92. The summed E-state index contributed by atoms with van der Waals surface area (Å²) in [6.45, 7) is 9.36. The van der Waals surface area contributed by atoms with Gasteiger partial charge in [-0.1, -0.05) is 24.3 Å². The highest BCUT2D eigenvalue weighted by molar-refractivity contribution is 7.14. The van der Waals surface area contributed by atoms with E-state index in [1.807, 2.05) is 0 Å². The standard InChI is InChI=1S/C19H15N3O4S/c1-4-26-19(23)17-16(14(20-2)11-21(17)3)12-5-7-13(8-6-12)18-15(22(24)25)9-10-27-18/h5-11H,4H2,1,3H3. The van der Waals surface area contributed by atoms with Gasteiger partial charge in [0, 0.05) is 24.9 Å². The van der Waals surface area contributed by atoms with Crippen LogP contribution < -0.4 is 0 Å². The fraction of sp³-hybridized carbons (Fsp3) is 0.158. The van der Waals surface area contributed by atoms with Gasteiger partial charge in [-0.3, -0.25) is 10.1 Å². The lowest BCUT2D eigenvalue weighted by Crippen LogP contribution is -2.10. The maximum Gasteiger partial charge on any atom is 0.354 e. The van der Waals surface area contributed by atoms with Gasteiger partial charge in [0.15, 0.2) is 0 Å². The van der Waals surface area contributed by atoms with Crippen LogP contribution in [0.25, 0.3) is 26.4 Å². The van der Waals surface area contributed by atoms with Crippen LogP contribution in [0.4, 0.5) is 11.4 Å². The number of esters is 1. The highest BCUT2D eigenvalue weighted by Crippen LogP contribution is 2.39. The number of ether oxygens (including phenoxy) is 1. The van der Waals surface area contributed by atoms with Gasteiger partial charge in [0.05, 0.1) is 18.1 Å². The third-order valence-electron chi connectivity index (χ3n) is 4.03. The van der Waals surface area contributed by atoms with E-state index in [1.165, 1.54) is 17.4 Å². The molecule has 2 aromatic heterocycles. The number of hydrogen-bond acceptors (Lipinski definition) is 5. The third kappa shape index (κ3) is 3.32. The van der Waals surface area contributed by atoms with Crippen molar-refractivity contribution in [2.75, 3.05) is 6.61 Å². The summed E-state index contributed by atoms with van der Waals surface area (Å²) in [5, 5.41) is 12.8. The van der Waals surface area contributed by atoms with Crippen molar-refractivity contribution in [3.63, 3.8) is 0 Å². The summed E-state index contributed by atoms with van der Waals surface area (Å²) in [6, 6.07) is 8.49. The quantitative estimate of drug-likeness (QED) is 0.268. The maximum atomic E-state index is 12.3. The Hall–Kier alpha value is -3.44. The fourth-order valence-electron chi connectivity index (χ4n) is 2.88. The summed E-state index contributed by atoms with van der Waals surface area (Å²) in [7, 11) is 1.69. The topological polar surface area (TPSA) is 78.7 Å². The number of hydrogen-bond donors (Lipinski definition) is 0. The molecule has 0 saturated heterocycles. The van der Waals surface area contributed by atoms with Crippen molar-refractivity contribution >= 4 is 28.7 Å². The van der Waals surface area contributed by atoms with Crippen LogP contribution >= 0.6 is 11.3 Å². The van der Waals surface area contributed by atoms with Gasteiger partial charge in [-0.05, 0) is 23.4 Å². The van der Waals surface area contributed by atoms with E-state index in [0.717, 1.165) is 0 Å². The second kappa shape index (κ2) is 7.43. The molecule has 0 aliphatic heterocycles. The van der Waals surface area contributed by atoms with Gasteiger partial charge >= 0.3 is 5.97 Å². The Kier molecular flexibility index (Phi) is 5.05. The molecule has 2 heterocycles. The summed E-state index contributed by atoms with van der Waals surface area (Å²) in [6.07, 6.45) is 1.59. The van der Waals surface area contributed by atoms with Gasteiger partial charge < -0.3 is 9.30 Å². The molecular formula is C19H15N3O4S. The molecule has 0 aliphatic carbocycles. The van der Waals surface area contributed by atoms with Gasteiger partial charge in [-0.25, -0.2) is 9.64 Å². The molecule has 0 aliphatic rings. The minimum atomic E-state index is -0.497. The molecule has 3 aromatic rings. The van der Waals surface area contributed by atoms with E-state index in [-0.39, 0.29) is 12.3 Å². The predicted molar refractivity (Wildman–Crippen MR) is 103 cm³/mol.